The zero-order valence-electron chi connectivity index (χ0n) is 13.7. The molecule has 2 aromatic carbocycles. The Bertz CT molecular complexity index is 617. The number of rotatable bonds is 5. The minimum Gasteiger partial charge on any atom is -0.376 e. The maximum Gasteiger partial charge on any atom is 0.0426 e. The summed E-state index contributed by atoms with van der Waals surface area (Å²) in [5.74, 6) is 0.927. The van der Waals surface area contributed by atoms with E-state index in [4.69, 9.17) is 0 Å². The van der Waals surface area contributed by atoms with E-state index in [9.17, 15) is 0 Å². The molecule has 22 heavy (non-hydrogen) atoms. The highest BCUT2D eigenvalue weighted by Gasteiger charge is 2.11. The minimum absolute atomic E-state index is 0.927. The first-order valence-corrected chi connectivity index (χ1v) is 8.66. The van der Waals surface area contributed by atoms with Gasteiger partial charge < -0.3 is 4.90 Å². The Morgan fingerprint density at radius 3 is 2.64 bits per heavy atom. The van der Waals surface area contributed by atoms with Gasteiger partial charge in [-0.05, 0) is 34.9 Å². The molecule has 1 fully saturated rings. The van der Waals surface area contributed by atoms with Crippen LogP contribution in [0.15, 0.2) is 54.7 Å². The van der Waals surface area contributed by atoms with Crippen molar-refractivity contribution in [2.75, 3.05) is 7.05 Å². The van der Waals surface area contributed by atoms with Gasteiger partial charge in [-0.2, -0.15) is 0 Å². The van der Waals surface area contributed by atoms with E-state index >= 15 is 0 Å². The molecule has 1 heteroatoms. The summed E-state index contributed by atoms with van der Waals surface area (Å²) in [7, 11) is 2.18. The van der Waals surface area contributed by atoms with Crippen LogP contribution in [-0.2, 0) is 6.54 Å². The molecular weight excluding hydrogens is 266 g/mol. The molecule has 0 saturated heterocycles. The van der Waals surface area contributed by atoms with Gasteiger partial charge in [0.15, 0.2) is 0 Å². The summed E-state index contributed by atoms with van der Waals surface area (Å²) in [6, 6.07) is 15.3. The van der Waals surface area contributed by atoms with Crippen molar-refractivity contribution in [3.63, 3.8) is 0 Å². The molecule has 2 aromatic rings. The molecule has 0 bridgehead atoms. The topological polar surface area (TPSA) is 3.24 Å². The van der Waals surface area contributed by atoms with Crippen LogP contribution in [0, 0.1) is 5.92 Å². The van der Waals surface area contributed by atoms with Crippen molar-refractivity contribution in [1.29, 1.82) is 0 Å². The van der Waals surface area contributed by atoms with E-state index in [1.165, 1.54) is 54.9 Å². The van der Waals surface area contributed by atoms with Gasteiger partial charge >= 0.3 is 0 Å². The molecule has 3 rings (SSSR count). The van der Waals surface area contributed by atoms with E-state index in [-0.39, 0.29) is 0 Å². The maximum atomic E-state index is 2.38. The lowest BCUT2D eigenvalue weighted by atomic mass is 9.87. The van der Waals surface area contributed by atoms with Crippen molar-refractivity contribution in [3.8, 4) is 0 Å². The lowest BCUT2D eigenvalue weighted by molar-refractivity contribution is 0.358. The molecule has 1 saturated carbocycles. The smallest absolute Gasteiger partial charge is 0.0426 e. The monoisotopic (exact) mass is 293 g/mol. The normalized spacial score (nSPS) is 16.4. The van der Waals surface area contributed by atoms with Crippen molar-refractivity contribution in [3.05, 3.63) is 60.3 Å². The molecule has 116 valence electrons. The third-order valence-electron chi connectivity index (χ3n) is 4.85. The second-order valence-corrected chi connectivity index (χ2v) is 6.68. The van der Waals surface area contributed by atoms with E-state index in [2.05, 4.69) is 66.7 Å². The Morgan fingerprint density at radius 2 is 1.77 bits per heavy atom. The Labute approximate surface area is 134 Å². The van der Waals surface area contributed by atoms with Crippen LogP contribution in [0.3, 0.4) is 0 Å². The van der Waals surface area contributed by atoms with Crippen LogP contribution in [0.2, 0.25) is 0 Å². The summed E-state index contributed by atoms with van der Waals surface area (Å²) in [6.07, 6.45) is 13.1. The molecule has 0 spiro atoms. The largest absolute Gasteiger partial charge is 0.376 e. The van der Waals surface area contributed by atoms with Crippen LogP contribution >= 0.6 is 0 Å². The summed E-state index contributed by atoms with van der Waals surface area (Å²) >= 11 is 0. The first-order chi connectivity index (χ1) is 10.8. The fourth-order valence-corrected chi connectivity index (χ4v) is 3.61. The minimum atomic E-state index is 0.927. The van der Waals surface area contributed by atoms with Gasteiger partial charge in [-0.15, -0.1) is 0 Å². The highest BCUT2D eigenvalue weighted by Crippen LogP contribution is 2.26. The maximum absolute atomic E-state index is 2.38. The molecule has 1 aliphatic rings. The van der Waals surface area contributed by atoms with Crippen LogP contribution in [0.4, 0.5) is 0 Å². The standard InChI is InChI=1S/C21H27N/c1-22(16-8-11-18-9-3-2-4-10-18)17-20-14-7-13-19-12-5-6-15-21(19)20/h5-8,12-16,18H,2-4,9-11,17H2,1H3. The average Bonchev–Trinajstić information content (AvgIpc) is 2.56. The van der Waals surface area contributed by atoms with E-state index in [1.807, 2.05) is 0 Å². The van der Waals surface area contributed by atoms with Gasteiger partial charge in [-0.3, -0.25) is 0 Å². The molecule has 0 heterocycles. The molecule has 1 aliphatic carbocycles. The van der Waals surface area contributed by atoms with Gasteiger partial charge in [-0.1, -0.05) is 80.6 Å². The third-order valence-corrected chi connectivity index (χ3v) is 4.85. The van der Waals surface area contributed by atoms with Gasteiger partial charge in [0.25, 0.3) is 0 Å². The average molecular weight is 293 g/mol. The highest BCUT2D eigenvalue weighted by atomic mass is 15.1. The lowest BCUT2D eigenvalue weighted by Gasteiger charge is -2.20. The highest BCUT2D eigenvalue weighted by molar-refractivity contribution is 5.85. The predicted octanol–water partition coefficient (Wildman–Crippen LogP) is 5.76. The molecule has 0 atom stereocenters. The number of allylic oxidation sites excluding steroid dienone is 1. The summed E-state index contributed by atoms with van der Waals surface area (Å²) in [5, 5.41) is 2.71. The molecule has 0 radical (unpaired) electrons. The zero-order chi connectivity index (χ0) is 15.2. The number of hydrogen-bond acceptors (Lipinski definition) is 1. The Kier molecular flexibility index (Phi) is 5.15. The third kappa shape index (κ3) is 3.91. The number of benzene rings is 2. The molecule has 0 aromatic heterocycles. The zero-order valence-corrected chi connectivity index (χ0v) is 13.7. The fraction of sp³-hybridized carbons (Fsp3) is 0.429. The van der Waals surface area contributed by atoms with Gasteiger partial charge in [0.1, 0.15) is 0 Å². The first-order valence-electron chi connectivity index (χ1n) is 8.66. The van der Waals surface area contributed by atoms with Crippen molar-refractivity contribution < 1.29 is 0 Å². The molecule has 0 unspecified atom stereocenters. The fourth-order valence-electron chi connectivity index (χ4n) is 3.61. The number of nitrogens with zero attached hydrogens (tertiary/aromatic N) is 1. The quantitative estimate of drug-likeness (QED) is 0.678. The van der Waals surface area contributed by atoms with Crippen LogP contribution < -0.4 is 0 Å². The summed E-state index contributed by atoms with van der Waals surface area (Å²) in [6.45, 7) is 0.975. The lowest BCUT2D eigenvalue weighted by Crippen LogP contribution is -2.11. The van der Waals surface area contributed by atoms with E-state index in [0.717, 1.165) is 12.5 Å². The molecule has 0 N–H and O–H groups in total. The summed E-state index contributed by atoms with van der Waals surface area (Å²) < 4.78 is 0. The van der Waals surface area contributed by atoms with Gasteiger partial charge in [0.2, 0.25) is 0 Å². The number of fused-ring (bicyclic) bond motifs is 1. The van der Waals surface area contributed by atoms with Crippen LogP contribution in [-0.4, -0.2) is 11.9 Å². The van der Waals surface area contributed by atoms with Gasteiger partial charge in [0, 0.05) is 13.6 Å². The predicted molar refractivity (Wildman–Crippen MR) is 95.7 cm³/mol. The van der Waals surface area contributed by atoms with E-state index in [0.29, 0.717) is 0 Å². The summed E-state index contributed by atoms with van der Waals surface area (Å²) in [5.41, 5.74) is 1.41. The Morgan fingerprint density at radius 1 is 1.00 bits per heavy atom. The molecule has 0 aliphatic heterocycles. The molecular formula is C21H27N. The molecule has 1 nitrogen and oxygen atoms in total. The van der Waals surface area contributed by atoms with Crippen molar-refractivity contribution >= 4 is 10.8 Å². The number of hydrogen-bond donors (Lipinski definition) is 0. The van der Waals surface area contributed by atoms with Crippen LogP contribution in [0.1, 0.15) is 44.1 Å². The SMILES string of the molecule is CN(C=CCC1CCCCC1)Cc1cccc2ccccc12. The van der Waals surface area contributed by atoms with E-state index < -0.39 is 0 Å². The van der Waals surface area contributed by atoms with E-state index in [1.54, 1.807) is 0 Å². The second kappa shape index (κ2) is 7.49. The Hall–Kier alpha value is -1.76. The summed E-state index contributed by atoms with van der Waals surface area (Å²) in [4.78, 5) is 2.31. The first kappa shape index (κ1) is 15.1. The molecule has 0 amide bonds. The van der Waals surface area contributed by atoms with Crippen molar-refractivity contribution in [1.82, 2.24) is 4.90 Å². The van der Waals surface area contributed by atoms with Crippen LogP contribution in [0.25, 0.3) is 10.8 Å². The van der Waals surface area contributed by atoms with Gasteiger partial charge in [0.05, 0.1) is 0 Å². The van der Waals surface area contributed by atoms with Crippen molar-refractivity contribution in [2.24, 2.45) is 5.92 Å². The van der Waals surface area contributed by atoms with Crippen LogP contribution in [0.5, 0.6) is 0 Å². The van der Waals surface area contributed by atoms with Gasteiger partial charge in [-0.25, -0.2) is 0 Å². The Balaban J connectivity index is 1.59. The van der Waals surface area contributed by atoms with Crippen molar-refractivity contribution in [2.45, 2.75) is 45.1 Å². The second-order valence-electron chi connectivity index (χ2n) is 6.68.